The minimum absolute atomic E-state index is 0.0413. The van der Waals surface area contributed by atoms with Crippen LogP contribution >= 0.6 is 0 Å². The van der Waals surface area contributed by atoms with Crippen molar-refractivity contribution in [2.24, 2.45) is 7.05 Å². The van der Waals surface area contributed by atoms with Crippen molar-refractivity contribution in [3.8, 4) is 0 Å². The predicted octanol–water partition coefficient (Wildman–Crippen LogP) is 0.499. The number of carbonyl (C=O) groups excluding carboxylic acids is 1. The van der Waals surface area contributed by atoms with E-state index in [4.69, 9.17) is 0 Å². The van der Waals surface area contributed by atoms with E-state index in [0.717, 1.165) is 6.42 Å². The molecule has 0 spiro atoms. The van der Waals surface area contributed by atoms with Crippen LogP contribution in [0.1, 0.15) is 19.8 Å². The zero-order valence-electron chi connectivity index (χ0n) is 9.88. The lowest BCUT2D eigenvalue weighted by atomic mass is 10.2. The van der Waals surface area contributed by atoms with Gasteiger partial charge in [0.1, 0.15) is 11.7 Å². The third-order valence-corrected chi connectivity index (χ3v) is 2.59. The van der Waals surface area contributed by atoms with Crippen molar-refractivity contribution in [2.45, 2.75) is 26.3 Å². The van der Waals surface area contributed by atoms with E-state index < -0.39 is 0 Å². The average Bonchev–Trinajstić information content (AvgIpc) is 2.66. The maximum atomic E-state index is 12.0. The van der Waals surface area contributed by atoms with Crippen molar-refractivity contribution in [1.82, 2.24) is 19.3 Å². The Bertz CT molecular complexity index is 611. The van der Waals surface area contributed by atoms with Crippen molar-refractivity contribution < 1.29 is 4.79 Å². The molecule has 0 aliphatic heterocycles. The number of aromatic nitrogens is 4. The summed E-state index contributed by atoms with van der Waals surface area (Å²) in [5, 5.41) is 4.41. The fourth-order valence-corrected chi connectivity index (χ4v) is 1.73. The smallest absolute Gasteiger partial charge is 0.264 e. The van der Waals surface area contributed by atoms with E-state index in [9.17, 15) is 9.59 Å². The van der Waals surface area contributed by atoms with Crippen LogP contribution in [0.4, 0.5) is 0 Å². The summed E-state index contributed by atoms with van der Waals surface area (Å²) in [5.41, 5.74) is 0.321. The Morgan fingerprint density at radius 2 is 2.24 bits per heavy atom. The summed E-state index contributed by atoms with van der Waals surface area (Å²) >= 11 is 0. The van der Waals surface area contributed by atoms with E-state index in [2.05, 4.69) is 10.1 Å². The summed E-state index contributed by atoms with van der Waals surface area (Å²) in [5.74, 6) is 0.0413. The molecule has 2 rings (SSSR count). The molecule has 0 unspecified atom stereocenters. The van der Waals surface area contributed by atoms with Gasteiger partial charge in [0.25, 0.3) is 5.56 Å². The Morgan fingerprint density at radius 3 is 2.94 bits per heavy atom. The summed E-state index contributed by atoms with van der Waals surface area (Å²) in [4.78, 5) is 27.6. The van der Waals surface area contributed by atoms with Gasteiger partial charge in [0.15, 0.2) is 11.4 Å². The van der Waals surface area contributed by atoms with Gasteiger partial charge < -0.3 is 0 Å². The molecule has 6 nitrogen and oxygen atoms in total. The van der Waals surface area contributed by atoms with Crippen LogP contribution in [-0.4, -0.2) is 25.1 Å². The van der Waals surface area contributed by atoms with Gasteiger partial charge in [-0.15, -0.1) is 0 Å². The summed E-state index contributed by atoms with van der Waals surface area (Å²) in [6.07, 6.45) is 4.15. The Morgan fingerprint density at radius 1 is 1.47 bits per heavy atom. The van der Waals surface area contributed by atoms with Gasteiger partial charge in [-0.1, -0.05) is 6.92 Å². The Hall–Kier alpha value is -1.98. The molecule has 0 N–H and O–H groups in total. The highest BCUT2D eigenvalue weighted by Gasteiger charge is 2.09. The molecule has 2 heterocycles. The van der Waals surface area contributed by atoms with Crippen LogP contribution in [0.15, 0.2) is 17.3 Å². The number of fused-ring (bicyclic) bond motifs is 1. The van der Waals surface area contributed by atoms with E-state index in [1.807, 2.05) is 6.92 Å². The van der Waals surface area contributed by atoms with Gasteiger partial charge in [-0.05, 0) is 6.42 Å². The molecule has 0 amide bonds. The third kappa shape index (κ3) is 2.11. The molecule has 0 atom stereocenters. The van der Waals surface area contributed by atoms with Crippen LogP contribution in [0.5, 0.6) is 0 Å². The molecule has 0 aliphatic rings. The summed E-state index contributed by atoms with van der Waals surface area (Å²) < 4.78 is 2.87. The highest BCUT2D eigenvalue weighted by Crippen LogP contribution is 2.03. The molecule has 2 aromatic heterocycles. The normalized spacial score (nSPS) is 10.9. The second-order valence-corrected chi connectivity index (χ2v) is 3.97. The van der Waals surface area contributed by atoms with Crippen LogP contribution < -0.4 is 5.56 Å². The van der Waals surface area contributed by atoms with Crippen molar-refractivity contribution >= 4 is 16.8 Å². The number of Topliss-reactive ketones (excluding diaryl/α,β-unsaturated/α-hetero) is 1. The first-order chi connectivity index (χ1) is 8.13. The molecule has 2 aromatic rings. The van der Waals surface area contributed by atoms with Crippen LogP contribution in [0.25, 0.3) is 11.0 Å². The highest BCUT2D eigenvalue weighted by molar-refractivity contribution is 5.79. The zero-order chi connectivity index (χ0) is 12.4. The van der Waals surface area contributed by atoms with Crippen LogP contribution in [0.2, 0.25) is 0 Å². The monoisotopic (exact) mass is 234 g/mol. The molecule has 0 aliphatic carbocycles. The summed E-state index contributed by atoms with van der Waals surface area (Å²) in [6.45, 7) is 2.02. The van der Waals surface area contributed by atoms with Crippen molar-refractivity contribution in [3.05, 3.63) is 22.9 Å². The van der Waals surface area contributed by atoms with Gasteiger partial charge in [0.2, 0.25) is 0 Å². The number of ketones is 1. The molecule has 6 heteroatoms. The molecule has 0 radical (unpaired) electrons. The number of carbonyl (C=O) groups is 1. The lowest BCUT2D eigenvalue weighted by Gasteiger charge is -2.03. The zero-order valence-corrected chi connectivity index (χ0v) is 9.88. The van der Waals surface area contributed by atoms with E-state index in [1.165, 1.54) is 21.8 Å². The first-order valence-electron chi connectivity index (χ1n) is 5.52. The van der Waals surface area contributed by atoms with Crippen LogP contribution in [0.3, 0.4) is 0 Å². The van der Waals surface area contributed by atoms with Crippen molar-refractivity contribution in [3.63, 3.8) is 0 Å². The largest absolute Gasteiger partial charge is 0.298 e. The molecular weight excluding hydrogens is 220 g/mol. The number of nitrogens with zero attached hydrogens (tertiary/aromatic N) is 4. The van der Waals surface area contributed by atoms with Gasteiger partial charge in [0, 0.05) is 13.5 Å². The Balaban J connectivity index is 2.40. The van der Waals surface area contributed by atoms with E-state index in [-0.39, 0.29) is 17.9 Å². The lowest BCUT2D eigenvalue weighted by Crippen LogP contribution is -2.24. The minimum atomic E-state index is -0.215. The van der Waals surface area contributed by atoms with E-state index in [0.29, 0.717) is 17.5 Å². The van der Waals surface area contributed by atoms with Gasteiger partial charge in [-0.25, -0.2) is 4.98 Å². The molecule has 17 heavy (non-hydrogen) atoms. The fourth-order valence-electron chi connectivity index (χ4n) is 1.73. The Labute approximate surface area is 97.9 Å². The molecular formula is C11H14N4O2. The van der Waals surface area contributed by atoms with Gasteiger partial charge in [0.05, 0.1) is 12.7 Å². The van der Waals surface area contributed by atoms with E-state index >= 15 is 0 Å². The molecule has 0 saturated heterocycles. The van der Waals surface area contributed by atoms with Crippen LogP contribution in [-0.2, 0) is 18.4 Å². The second-order valence-electron chi connectivity index (χ2n) is 3.97. The molecule has 0 saturated carbocycles. The lowest BCUT2D eigenvalue weighted by molar-refractivity contribution is -0.119. The molecule has 90 valence electrons. The van der Waals surface area contributed by atoms with Crippen molar-refractivity contribution in [2.75, 3.05) is 0 Å². The fraction of sp³-hybridized carbons (Fsp3) is 0.455. The summed E-state index contributed by atoms with van der Waals surface area (Å²) in [6, 6.07) is 0. The number of aryl methyl sites for hydroxylation is 1. The minimum Gasteiger partial charge on any atom is -0.298 e. The van der Waals surface area contributed by atoms with Gasteiger partial charge in [-0.2, -0.15) is 5.10 Å². The molecule has 0 aromatic carbocycles. The SMILES string of the molecule is CCCC(=O)Cn1cnc2c(cnn2C)c1=O. The van der Waals surface area contributed by atoms with Gasteiger partial charge in [-0.3, -0.25) is 18.8 Å². The maximum Gasteiger partial charge on any atom is 0.264 e. The van der Waals surface area contributed by atoms with Crippen molar-refractivity contribution in [1.29, 1.82) is 0 Å². The third-order valence-electron chi connectivity index (χ3n) is 2.59. The topological polar surface area (TPSA) is 69.8 Å². The average molecular weight is 234 g/mol. The summed E-state index contributed by atoms with van der Waals surface area (Å²) in [7, 11) is 1.72. The van der Waals surface area contributed by atoms with Crippen LogP contribution in [0, 0.1) is 0 Å². The van der Waals surface area contributed by atoms with Gasteiger partial charge >= 0.3 is 0 Å². The maximum absolute atomic E-state index is 12.0. The molecule has 0 fully saturated rings. The van der Waals surface area contributed by atoms with E-state index in [1.54, 1.807) is 7.05 Å². The number of rotatable bonds is 4. The first kappa shape index (κ1) is 11.5. The number of hydrogen-bond donors (Lipinski definition) is 0. The Kier molecular flexibility index (Phi) is 3.03. The first-order valence-corrected chi connectivity index (χ1v) is 5.52. The quantitative estimate of drug-likeness (QED) is 0.772. The standard InChI is InChI=1S/C11H14N4O2/c1-3-4-8(16)6-15-7-12-10-9(11(15)17)5-13-14(10)2/h5,7H,3-4,6H2,1-2H3. The second kappa shape index (κ2) is 4.48. The molecule has 0 bridgehead atoms. The number of hydrogen-bond acceptors (Lipinski definition) is 4. The highest BCUT2D eigenvalue weighted by atomic mass is 16.1. The predicted molar refractivity (Wildman–Crippen MR) is 62.7 cm³/mol.